The third-order valence-corrected chi connectivity index (χ3v) is 2.15. The normalized spacial score (nSPS) is 12.1. The van der Waals surface area contributed by atoms with E-state index in [9.17, 15) is 9.59 Å². The highest BCUT2D eigenvalue weighted by Crippen LogP contribution is 2.12. The smallest absolute Gasteiger partial charge is 0.365 e. The lowest BCUT2D eigenvalue weighted by atomic mass is 10.2. The van der Waals surface area contributed by atoms with Gasteiger partial charge in [-0.3, -0.25) is 4.89 Å². The largest absolute Gasteiger partial charge is 0.497 e. The second kappa shape index (κ2) is 7.17. The van der Waals surface area contributed by atoms with Gasteiger partial charge in [-0.1, -0.05) is 12.1 Å². The summed E-state index contributed by atoms with van der Waals surface area (Å²) in [4.78, 5) is 30.3. The van der Waals surface area contributed by atoms with Crippen LogP contribution in [0.3, 0.4) is 0 Å². The van der Waals surface area contributed by atoms with Crippen molar-refractivity contribution in [1.29, 1.82) is 0 Å². The minimum Gasteiger partial charge on any atom is -0.497 e. The molecule has 6 heteroatoms. The summed E-state index contributed by atoms with van der Waals surface area (Å²) in [5, 5.41) is 8.51. The number of hydrogen-bond donors (Lipinski definition) is 1. The molecule has 0 radical (unpaired) electrons. The van der Waals surface area contributed by atoms with Crippen LogP contribution in [0.25, 0.3) is 6.08 Å². The Morgan fingerprint density at radius 2 is 1.89 bits per heavy atom. The zero-order valence-electron chi connectivity index (χ0n) is 10.5. The van der Waals surface area contributed by atoms with Crippen molar-refractivity contribution in [3.63, 3.8) is 0 Å². The van der Waals surface area contributed by atoms with E-state index in [1.54, 1.807) is 31.4 Å². The van der Waals surface area contributed by atoms with Crippen molar-refractivity contribution in [3.8, 4) is 5.75 Å². The molecule has 102 valence electrons. The van der Waals surface area contributed by atoms with Crippen LogP contribution in [-0.4, -0.2) is 30.3 Å². The van der Waals surface area contributed by atoms with Gasteiger partial charge in [-0.05, 0) is 30.7 Å². The maximum atomic E-state index is 11.2. The van der Waals surface area contributed by atoms with Gasteiger partial charge in [0.25, 0.3) is 0 Å². The van der Waals surface area contributed by atoms with Crippen molar-refractivity contribution in [1.82, 2.24) is 0 Å². The molecule has 0 aliphatic rings. The summed E-state index contributed by atoms with van der Waals surface area (Å²) in [5.74, 6) is -1.30. The monoisotopic (exact) mass is 266 g/mol. The molecule has 0 fully saturated rings. The maximum absolute atomic E-state index is 11.2. The number of hydrogen-bond acceptors (Lipinski definition) is 5. The molecular weight excluding hydrogens is 252 g/mol. The van der Waals surface area contributed by atoms with Gasteiger partial charge in [-0.15, -0.1) is 0 Å². The molecule has 0 saturated heterocycles. The van der Waals surface area contributed by atoms with Gasteiger partial charge in [-0.2, -0.15) is 4.89 Å². The number of carbonyl (C=O) groups is 2. The Balaban J connectivity index is 2.46. The Morgan fingerprint density at radius 3 is 2.42 bits per heavy atom. The standard InChI is InChI=1S/C13H14O6/c1-9(13(15)16)18-19-12(14)8-5-10-3-6-11(17-2)7-4-10/h3-9H,1-2H3,(H,15,16). The second-order valence-electron chi connectivity index (χ2n) is 3.59. The van der Waals surface area contributed by atoms with Crippen LogP contribution in [-0.2, 0) is 19.4 Å². The van der Waals surface area contributed by atoms with Crippen LogP contribution >= 0.6 is 0 Å². The predicted octanol–water partition coefficient (Wildman–Crippen LogP) is 1.66. The molecule has 0 bridgehead atoms. The van der Waals surface area contributed by atoms with Gasteiger partial charge < -0.3 is 9.84 Å². The third kappa shape index (κ3) is 5.22. The molecule has 0 aliphatic carbocycles. The van der Waals surface area contributed by atoms with Crippen LogP contribution < -0.4 is 4.74 Å². The molecular formula is C13H14O6. The summed E-state index contributed by atoms with van der Waals surface area (Å²) >= 11 is 0. The minimum atomic E-state index is -1.22. The first-order chi connectivity index (χ1) is 9.02. The van der Waals surface area contributed by atoms with Crippen LogP contribution in [0.5, 0.6) is 5.75 Å². The highest BCUT2D eigenvalue weighted by Gasteiger charge is 2.13. The molecule has 1 unspecified atom stereocenters. The summed E-state index contributed by atoms with van der Waals surface area (Å²) < 4.78 is 4.99. The van der Waals surface area contributed by atoms with Gasteiger partial charge in [0.1, 0.15) is 5.75 Å². The Bertz CT molecular complexity index is 463. The van der Waals surface area contributed by atoms with E-state index in [2.05, 4.69) is 9.78 Å². The molecule has 0 amide bonds. The molecule has 1 N–H and O–H groups in total. The van der Waals surface area contributed by atoms with E-state index >= 15 is 0 Å². The number of ether oxygens (including phenoxy) is 1. The molecule has 0 aromatic heterocycles. The maximum Gasteiger partial charge on any atom is 0.365 e. The fraction of sp³-hybridized carbons (Fsp3) is 0.231. The summed E-state index contributed by atoms with van der Waals surface area (Å²) in [6.45, 7) is 1.25. The lowest BCUT2D eigenvalue weighted by Crippen LogP contribution is -2.21. The number of carboxylic acids is 1. The molecule has 1 aromatic carbocycles. The molecule has 19 heavy (non-hydrogen) atoms. The summed E-state index contributed by atoms with van der Waals surface area (Å²) in [5.41, 5.74) is 0.768. The molecule has 6 nitrogen and oxygen atoms in total. The Kier molecular flexibility index (Phi) is 5.56. The van der Waals surface area contributed by atoms with Crippen molar-refractivity contribution < 1.29 is 29.2 Å². The third-order valence-electron chi connectivity index (χ3n) is 2.15. The Labute approximate surface area is 110 Å². The van der Waals surface area contributed by atoms with Crippen molar-refractivity contribution in [3.05, 3.63) is 35.9 Å². The van der Waals surface area contributed by atoms with Crippen LogP contribution in [0.15, 0.2) is 30.3 Å². The van der Waals surface area contributed by atoms with Crippen LogP contribution in [0.4, 0.5) is 0 Å². The number of methoxy groups -OCH3 is 1. The summed E-state index contributed by atoms with van der Waals surface area (Å²) in [7, 11) is 1.56. The van der Waals surface area contributed by atoms with Gasteiger partial charge in [0.2, 0.25) is 0 Å². The predicted molar refractivity (Wildman–Crippen MR) is 66.3 cm³/mol. The number of aliphatic carboxylic acids is 1. The van der Waals surface area contributed by atoms with Crippen LogP contribution in [0.2, 0.25) is 0 Å². The fourth-order valence-corrected chi connectivity index (χ4v) is 1.07. The fourth-order valence-electron chi connectivity index (χ4n) is 1.07. The highest BCUT2D eigenvalue weighted by atomic mass is 17.2. The molecule has 0 spiro atoms. The van der Waals surface area contributed by atoms with Crippen molar-refractivity contribution in [2.24, 2.45) is 0 Å². The van der Waals surface area contributed by atoms with Gasteiger partial charge >= 0.3 is 11.9 Å². The van der Waals surface area contributed by atoms with E-state index in [0.717, 1.165) is 11.6 Å². The number of carbonyl (C=O) groups excluding carboxylic acids is 1. The van der Waals surface area contributed by atoms with Gasteiger partial charge in [0.15, 0.2) is 6.10 Å². The number of rotatable bonds is 6. The quantitative estimate of drug-likeness (QED) is 0.479. The van der Waals surface area contributed by atoms with E-state index in [0.29, 0.717) is 5.75 Å². The van der Waals surface area contributed by atoms with E-state index in [1.807, 2.05) is 0 Å². The molecule has 0 saturated carbocycles. The minimum absolute atomic E-state index is 0.707. The van der Waals surface area contributed by atoms with Crippen molar-refractivity contribution in [2.45, 2.75) is 13.0 Å². The zero-order valence-corrected chi connectivity index (χ0v) is 10.5. The van der Waals surface area contributed by atoms with Gasteiger partial charge in [0, 0.05) is 6.08 Å². The first-order valence-corrected chi connectivity index (χ1v) is 5.45. The first-order valence-electron chi connectivity index (χ1n) is 5.45. The molecule has 1 atom stereocenters. The molecule has 0 aliphatic heterocycles. The zero-order chi connectivity index (χ0) is 14.3. The average molecular weight is 266 g/mol. The highest BCUT2D eigenvalue weighted by molar-refractivity contribution is 5.86. The molecule has 1 aromatic rings. The van der Waals surface area contributed by atoms with Gasteiger partial charge in [0.05, 0.1) is 7.11 Å². The molecule has 0 heterocycles. The Hall–Kier alpha value is -2.34. The Morgan fingerprint density at radius 1 is 1.26 bits per heavy atom. The number of carboxylic acid groups (broad SMARTS) is 1. The van der Waals surface area contributed by atoms with E-state index in [1.165, 1.54) is 13.0 Å². The SMILES string of the molecule is COc1ccc(C=CC(=O)OOC(C)C(=O)O)cc1. The van der Waals surface area contributed by atoms with E-state index < -0.39 is 18.0 Å². The second-order valence-corrected chi connectivity index (χ2v) is 3.59. The lowest BCUT2D eigenvalue weighted by Gasteiger charge is -2.04. The summed E-state index contributed by atoms with van der Waals surface area (Å²) in [6, 6.07) is 6.99. The van der Waals surface area contributed by atoms with E-state index in [4.69, 9.17) is 9.84 Å². The van der Waals surface area contributed by atoms with Crippen LogP contribution in [0, 0.1) is 0 Å². The first kappa shape index (κ1) is 14.7. The van der Waals surface area contributed by atoms with Crippen LogP contribution in [0.1, 0.15) is 12.5 Å². The lowest BCUT2D eigenvalue weighted by molar-refractivity contribution is -0.287. The van der Waals surface area contributed by atoms with Crippen molar-refractivity contribution in [2.75, 3.05) is 7.11 Å². The number of benzene rings is 1. The van der Waals surface area contributed by atoms with Crippen molar-refractivity contribution >= 4 is 18.0 Å². The average Bonchev–Trinajstić information content (AvgIpc) is 2.42. The van der Waals surface area contributed by atoms with Gasteiger partial charge in [-0.25, -0.2) is 9.59 Å². The summed E-state index contributed by atoms with van der Waals surface area (Å²) in [6.07, 6.45) is 1.44. The van der Waals surface area contributed by atoms with E-state index in [-0.39, 0.29) is 0 Å². The molecule has 1 rings (SSSR count). The topological polar surface area (TPSA) is 82.1 Å².